The molecule has 0 amide bonds. The van der Waals surface area contributed by atoms with Gasteiger partial charge in [-0.2, -0.15) is 0 Å². The molecule has 0 bridgehead atoms. The van der Waals surface area contributed by atoms with E-state index in [1.165, 1.54) is 0 Å². The molecule has 1 aromatic carbocycles. The summed E-state index contributed by atoms with van der Waals surface area (Å²) < 4.78 is 6.57. The molecule has 0 saturated heterocycles. The third kappa shape index (κ3) is 3.76. The fourth-order valence-electron chi connectivity index (χ4n) is 1.27. The quantitative estimate of drug-likeness (QED) is 0.845. The monoisotopic (exact) mass is 301 g/mol. The number of hydrogen-bond acceptors (Lipinski definition) is 2. The topological polar surface area (TPSA) is 35.2 Å². The molecule has 88 valence electrons. The van der Waals surface area contributed by atoms with Crippen LogP contribution in [-0.2, 0) is 0 Å². The predicted molar refractivity (Wildman–Crippen MR) is 75.0 cm³/mol. The Morgan fingerprint density at radius 3 is 2.75 bits per heavy atom. The van der Waals surface area contributed by atoms with Crippen LogP contribution in [0.5, 0.6) is 5.75 Å². The molecule has 1 aromatic rings. The number of benzene rings is 1. The van der Waals surface area contributed by atoms with E-state index in [0.29, 0.717) is 17.5 Å². The van der Waals surface area contributed by atoms with E-state index in [2.05, 4.69) is 29.8 Å². The molecule has 0 aliphatic rings. The molecule has 0 aliphatic heterocycles. The average Bonchev–Trinajstić information content (AvgIpc) is 2.16. The van der Waals surface area contributed by atoms with E-state index in [9.17, 15) is 0 Å². The van der Waals surface area contributed by atoms with Gasteiger partial charge in [-0.05, 0) is 40.4 Å². The molecule has 0 fully saturated rings. The third-order valence-corrected chi connectivity index (χ3v) is 3.04. The van der Waals surface area contributed by atoms with Crippen LogP contribution in [-0.4, -0.2) is 11.6 Å². The number of nitrogens with two attached hydrogens (primary N) is 1. The Hall–Kier alpha value is -0.610. The molecule has 16 heavy (non-hydrogen) atoms. The molecule has 0 spiro atoms. The highest BCUT2D eigenvalue weighted by molar-refractivity contribution is 9.10. The van der Waals surface area contributed by atoms with Crippen molar-refractivity contribution in [2.75, 3.05) is 6.61 Å². The molecule has 4 heteroatoms. The summed E-state index contributed by atoms with van der Waals surface area (Å²) >= 11 is 8.43. The van der Waals surface area contributed by atoms with Crippen molar-refractivity contribution in [2.24, 2.45) is 11.7 Å². The number of rotatable bonds is 5. The fraction of sp³-hybridized carbons (Fsp3) is 0.417. The van der Waals surface area contributed by atoms with Crippen LogP contribution in [0.25, 0.3) is 0 Å². The first-order chi connectivity index (χ1) is 7.52. The third-order valence-electron chi connectivity index (χ3n) is 2.17. The van der Waals surface area contributed by atoms with Gasteiger partial charge in [-0.25, -0.2) is 0 Å². The molecule has 0 radical (unpaired) electrons. The summed E-state index contributed by atoms with van der Waals surface area (Å²) in [5.74, 6) is 1.38. The molecular formula is C12H16BrNOS. The van der Waals surface area contributed by atoms with E-state index in [4.69, 9.17) is 22.7 Å². The number of halogens is 1. The summed E-state index contributed by atoms with van der Waals surface area (Å²) in [6.45, 7) is 5.02. The standard InChI is InChI=1S/C12H16BrNOS/c1-8(2)6-7-15-10-5-3-4-9(13)11(10)12(14)16/h3-5,8H,6-7H2,1-2H3,(H2,14,16). The summed E-state index contributed by atoms with van der Waals surface area (Å²) in [6, 6.07) is 5.71. The molecule has 0 aromatic heterocycles. The first-order valence-corrected chi connectivity index (χ1v) is 6.43. The second-order valence-corrected chi connectivity index (χ2v) is 5.30. The van der Waals surface area contributed by atoms with Crippen LogP contribution in [0, 0.1) is 5.92 Å². The van der Waals surface area contributed by atoms with Gasteiger partial charge in [0.15, 0.2) is 0 Å². The highest BCUT2D eigenvalue weighted by atomic mass is 79.9. The van der Waals surface area contributed by atoms with Crippen molar-refractivity contribution >= 4 is 33.1 Å². The van der Waals surface area contributed by atoms with Crippen LogP contribution in [0.1, 0.15) is 25.8 Å². The summed E-state index contributed by atoms with van der Waals surface area (Å²) in [5, 5.41) is 0. The zero-order valence-corrected chi connectivity index (χ0v) is 11.9. The minimum Gasteiger partial charge on any atom is -0.493 e. The maximum atomic E-state index is 5.69. The Morgan fingerprint density at radius 1 is 1.50 bits per heavy atom. The Bertz CT molecular complexity index is 379. The van der Waals surface area contributed by atoms with Crippen LogP contribution < -0.4 is 10.5 Å². The maximum absolute atomic E-state index is 5.69. The minimum absolute atomic E-state index is 0.354. The lowest BCUT2D eigenvalue weighted by Gasteiger charge is -2.12. The Balaban J connectivity index is 2.79. The van der Waals surface area contributed by atoms with Gasteiger partial charge in [0.2, 0.25) is 0 Å². The number of thiocarbonyl (C=S) groups is 1. The SMILES string of the molecule is CC(C)CCOc1cccc(Br)c1C(N)=S. The molecule has 2 nitrogen and oxygen atoms in total. The minimum atomic E-state index is 0.354. The van der Waals surface area contributed by atoms with Crippen molar-refractivity contribution in [3.8, 4) is 5.75 Å². The lowest BCUT2D eigenvalue weighted by atomic mass is 10.1. The Morgan fingerprint density at radius 2 is 2.19 bits per heavy atom. The molecule has 0 unspecified atom stereocenters. The first-order valence-electron chi connectivity index (χ1n) is 5.23. The van der Waals surface area contributed by atoms with Gasteiger partial charge in [0.05, 0.1) is 12.2 Å². The van der Waals surface area contributed by atoms with Crippen LogP contribution >= 0.6 is 28.1 Å². The summed E-state index contributed by atoms with van der Waals surface area (Å²) in [5.41, 5.74) is 6.45. The zero-order valence-electron chi connectivity index (χ0n) is 9.50. The van der Waals surface area contributed by atoms with Crippen LogP contribution in [0.15, 0.2) is 22.7 Å². The summed E-state index contributed by atoms with van der Waals surface area (Å²) in [6.07, 6.45) is 1.02. The van der Waals surface area contributed by atoms with Crippen molar-refractivity contribution in [2.45, 2.75) is 20.3 Å². The van der Waals surface area contributed by atoms with Crippen molar-refractivity contribution in [3.63, 3.8) is 0 Å². The van der Waals surface area contributed by atoms with Crippen molar-refractivity contribution in [1.29, 1.82) is 0 Å². The van der Waals surface area contributed by atoms with E-state index in [-0.39, 0.29) is 0 Å². The second kappa shape index (κ2) is 6.21. The lowest BCUT2D eigenvalue weighted by Crippen LogP contribution is -2.13. The first kappa shape index (κ1) is 13.5. The van der Waals surface area contributed by atoms with E-state index >= 15 is 0 Å². The maximum Gasteiger partial charge on any atom is 0.130 e. The van der Waals surface area contributed by atoms with Gasteiger partial charge in [-0.3, -0.25) is 0 Å². The van der Waals surface area contributed by atoms with Crippen LogP contribution in [0.4, 0.5) is 0 Å². The average molecular weight is 302 g/mol. The predicted octanol–water partition coefficient (Wildman–Crippen LogP) is 3.51. The molecular weight excluding hydrogens is 286 g/mol. The summed E-state index contributed by atoms with van der Waals surface area (Å²) in [7, 11) is 0. The van der Waals surface area contributed by atoms with Gasteiger partial charge >= 0.3 is 0 Å². The number of ether oxygens (including phenoxy) is 1. The lowest BCUT2D eigenvalue weighted by molar-refractivity contribution is 0.289. The van der Waals surface area contributed by atoms with Crippen molar-refractivity contribution in [3.05, 3.63) is 28.2 Å². The number of hydrogen-bond donors (Lipinski definition) is 1. The summed E-state index contributed by atoms with van der Waals surface area (Å²) in [4.78, 5) is 0.354. The van der Waals surface area contributed by atoms with E-state index in [1.807, 2.05) is 18.2 Å². The van der Waals surface area contributed by atoms with Gasteiger partial charge in [0, 0.05) is 4.47 Å². The molecule has 1 rings (SSSR count). The molecule has 0 heterocycles. The smallest absolute Gasteiger partial charge is 0.130 e. The highest BCUT2D eigenvalue weighted by Crippen LogP contribution is 2.26. The van der Waals surface area contributed by atoms with Gasteiger partial charge in [0.1, 0.15) is 10.7 Å². The molecule has 0 aliphatic carbocycles. The van der Waals surface area contributed by atoms with Crippen LogP contribution in [0.2, 0.25) is 0 Å². The zero-order chi connectivity index (χ0) is 12.1. The van der Waals surface area contributed by atoms with Gasteiger partial charge in [0.25, 0.3) is 0 Å². The van der Waals surface area contributed by atoms with Gasteiger partial charge < -0.3 is 10.5 Å². The van der Waals surface area contributed by atoms with E-state index in [0.717, 1.165) is 22.2 Å². The Kier molecular flexibility index (Phi) is 5.22. The van der Waals surface area contributed by atoms with Crippen molar-refractivity contribution < 1.29 is 4.74 Å². The van der Waals surface area contributed by atoms with E-state index < -0.39 is 0 Å². The second-order valence-electron chi connectivity index (χ2n) is 4.01. The fourth-order valence-corrected chi connectivity index (χ4v) is 2.17. The largest absolute Gasteiger partial charge is 0.493 e. The molecule has 2 N–H and O–H groups in total. The highest BCUT2D eigenvalue weighted by Gasteiger charge is 2.10. The molecule has 0 saturated carbocycles. The normalized spacial score (nSPS) is 10.5. The van der Waals surface area contributed by atoms with Crippen LogP contribution in [0.3, 0.4) is 0 Å². The Labute approximate surface area is 110 Å². The molecule has 0 atom stereocenters. The van der Waals surface area contributed by atoms with Gasteiger partial charge in [-0.1, -0.05) is 32.1 Å². The van der Waals surface area contributed by atoms with Gasteiger partial charge in [-0.15, -0.1) is 0 Å². The van der Waals surface area contributed by atoms with E-state index in [1.54, 1.807) is 0 Å². The van der Waals surface area contributed by atoms with Crippen molar-refractivity contribution in [1.82, 2.24) is 0 Å².